The number of carbonyl (C=O) groups excluding carboxylic acids is 1. The number of hydrogen-bond acceptors (Lipinski definition) is 4. The quantitative estimate of drug-likeness (QED) is 0.591. The van der Waals surface area contributed by atoms with E-state index in [0.717, 1.165) is 6.42 Å². The van der Waals surface area contributed by atoms with Gasteiger partial charge >= 0.3 is 5.97 Å². The average Bonchev–Trinajstić information content (AvgIpc) is 2.06. The summed E-state index contributed by atoms with van der Waals surface area (Å²) in [6.45, 7) is 3.38. The molecule has 0 bridgehead atoms. The zero-order valence-electron chi connectivity index (χ0n) is 7.25. The number of rotatable bonds is 3. The van der Waals surface area contributed by atoms with E-state index in [2.05, 4.69) is 0 Å². The standard InChI is InChI=1S/C8H14O4/c1-2-3-7(9)12-8-6-10-4-5-11-8/h8H,2-6H2,1H3. The lowest BCUT2D eigenvalue weighted by Crippen LogP contribution is -2.32. The smallest absolute Gasteiger partial charge is 0.308 e. The molecular formula is C8H14O4. The first-order chi connectivity index (χ1) is 5.83. The van der Waals surface area contributed by atoms with Gasteiger partial charge in [0.15, 0.2) is 0 Å². The molecule has 0 aromatic carbocycles. The lowest BCUT2D eigenvalue weighted by atomic mass is 10.3. The third-order valence-corrected chi connectivity index (χ3v) is 1.50. The molecule has 1 atom stereocenters. The molecule has 1 rings (SSSR count). The molecule has 0 saturated carbocycles. The second-order valence-electron chi connectivity index (χ2n) is 2.62. The van der Waals surface area contributed by atoms with Crippen molar-refractivity contribution in [3.05, 3.63) is 0 Å². The highest BCUT2D eigenvalue weighted by molar-refractivity contribution is 5.69. The molecule has 4 heteroatoms. The maximum Gasteiger partial charge on any atom is 0.308 e. The molecule has 1 aliphatic rings. The van der Waals surface area contributed by atoms with Crippen LogP contribution < -0.4 is 0 Å². The van der Waals surface area contributed by atoms with Crippen LogP contribution in [0.3, 0.4) is 0 Å². The number of hydrogen-bond donors (Lipinski definition) is 0. The van der Waals surface area contributed by atoms with Crippen LogP contribution in [0, 0.1) is 0 Å². The summed E-state index contributed by atoms with van der Waals surface area (Å²) in [7, 11) is 0. The van der Waals surface area contributed by atoms with Crippen LogP contribution in [0.5, 0.6) is 0 Å². The van der Waals surface area contributed by atoms with Crippen LogP contribution in [-0.2, 0) is 19.0 Å². The van der Waals surface area contributed by atoms with E-state index < -0.39 is 6.29 Å². The van der Waals surface area contributed by atoms with Crippen molar-refractivity contribution in [1.82, 2.24) is 0 Å². The molecule has 0 radical (unpaired) electrons. The van der Waals surface area contributed by atoms with Gasteiger partial charge in [-0.2, -0.15) is 0 Å². The van der Waals surface area contributed by atoms with Gasteiger partial charge in [-0.25, -0.2) is 0 Å². The highest BCUT2D eigenvalue weighted by Crippen LogP contribution is 2.04. The van der Waals surface area contributed by atoms with Crippen molar-refractivity contribution >= 4 is 5.97 Å². The molecule has 1 aliphatic heterocycles. The molecule has 1 saturated heterocycles. The van der Waals surface area contributed by atoms with Gasteiger partial charge in [0.25, 0.3) is 0 Å². The number of esters is 1. The first-order valence-electron chi connectivity index (χ1n) is 4.21. The molecule has 1 fully saturated rings. The van der Waals surface area contributed by atoms with E-state index in [4.69, 9.17) is 14.2 Å². The fourth-order valence-electron chi connectivity index (χ4n) is 0.944. The monoisotopic (exact) mass is 174 g/mol. The van der Waals surface area contributed by atoms with Crippen LogP contribution in [0.15, 0.2) is 0 Å². The van der Waals surface area contributed by atoms with E-state index in [-0.39, 0.29) is 5.97 Å². The maximum absolute atomic E-state index is 11.0. The van der Waals surface area contributed by atoms with Crippen LogP contribution in [0.25, 0.3) is 0 Å². The highest BCUT2D eigenvalue weighted by Gasteiger charge is 2.17. The first-order valence-corrected chi connectivity index (χ1v) is 4.21. The van der Waals surface area contributed by atoms with Gasteiger partial charge in [-0.15, -0.1) is 0 Å². The molecule has 0 aromatic heterocycles. The normalized spacial score (nSPS) is 23.6. The zero-order chi connectivity index (χ0) is 8.81. The van der Waals surface area contributed by atoms with Crippen molar-refractivity contribution in [2.45, 2.75) is 26.1 Å². The fourth-order valence-corrected chi connectivity index (χ4v) is 0.944. The van der Waals surface area contributed by atoms with Gasteiger partial charge in [0, 0.05) is 6.42 Å². The van der Waals surface area contributed by atoms with Crippen LogP contribution in [0.1, 0.15) is 19.8 Å². The summed E-state index contributed by atoms with van der Waals surface area (Å²) in [6.07, 6.45) is 0.754. The molecule has 0 amide bonds. The number of ether oxygens (including phenoxy) is 3. The van der Waals surface area contributed by atoms with Crippen molar-refractivity contribution in [2.75, 3.05) is 19.8 Å². The molecule has 1 unspecified atom stereocenters. The molecule has 0 aliphatic carbocycles. The Hall–Kier alpha value is -0.610. The summed E-state index contributed by atoms with van der Waals surface area (Å²) in [5, 5.41) is 0. The van der Waals surface area contributed by atoms with Crippen LogP contribution in [-0.4, -0.2) is 32.1 Å². The maximum atomic E-state index is 11.0. The van der Waals surface area contributed by atoms with E-state index in [0.29, 0.717) is 26.2 Å². The van der Waals surface area contributed by atoms with Gasteiger partial charge in [-0.1, -0.05) is 6.92 Å². The van der Waals surface area contributed by atoms with E-state index in [1.807, 2.05) is 6.92 Å². The average molecular weight is 174 g/mol. The highest BCUT2D eigenvalue weighted by atomic mass is 16.7. The SMILES string of the molecule is CCCC(=O)OC1COCCO1. The molecule has 0 N–H and O–H groups in total. The van der Waals surface area contributed by atoms with Gasteiger partial charge in [-0.05, 0) is 6.42 Å². The second-order valence-corrected chi connectivity index (χ2v) is 2.62. The Morgan fingerprint density at radius 2 is 2.42 bits per heavy atom. The van der Waals surface area contributed by atoms with Crippen LogP contribution in [0.4, 0.5) is 0 Å². The van der Waals surface area contributed by atoms with Gasteiger partial charge in [0.1, 0.15) is 6.61 Å². The third kappa shape index (κ3) is 3.19. The van der Waals surface area contributed by atoms with Gasteiger partial charge < -0.3 is 14.2 Å². The molecule has 0 aromatic rings. The second kappa shape index (κ2) is 5.11. The first kappa shape index (κ1) is 9.48. The number of carbonyl (C=O) groups is 1. The van der Waals surface area contributed by atoms with Crippen LogP contribution >= 0.6 is 0 Å². The Balaban J connectivity index is 2.15. The Bertz CT molecular complexity index is 140. The van der Waals surface area contributed by atoms with Gasteiger partial charge in [0.2, 0.25) is 6.29 Å². The van der Waals surface area contributed by atoms with E-state index >= 15 is 0 Å². The summed E-state index contributed by atoms with van der Waals surface area (Å²) in [5.41, 5.74) is 0. The van der Waals surface area contributed by atoms with Crippen molar-refractivity contribution in [2.24, 2.45) is 0 Å². The Morgan fingerprint density at radius 1 is 1.58 bits per heavy atom. The van der Waals surface area contributed by atoms with Gasteiger partial charge in [-0.3, -0.25) is 4.79 Å². The molecule has 0 spiro atoms. The lowest BCUT2D eigenvalue weighted by Gasteiger charge is -2.22. The largest absolute Gasteiger partial charge is 0.433 e. The topological polar surface area (TPSA) is 44.8 Å². The zero-order valence-corrected chi connectivity index (χ0v) is 7.25. The van der Waals surface area contributed by atoms with Crippen molar-refractivity contribution in [3.63, 3.8) is 0 Å². The summed E-state index contributed by atoms with van der Waals surface area (Å²) in [4.78, 5) is 11.0. The third-order valence-electron chi connectivity index (χ3n) is 1.50. The Morgan fingerprint density at radius 3 is 3.00 bits per heavy atom. The van der Waals surface area contributed by atoms with Crippen molar-refractivity contribution in [1.29, 1.82) is 0 Å². The minimum Gasteiger partial charge on any atom is -0.433 e. The van der Waals surface area contributed by atoms with E-state index in [1.165, 1.54) is 0 Å². The molecular weight excluding hydrogens is 160 g/mol. The Kier molecular flexibility index (Phi) is 4.04. The molecule has 70 valence electrons. The summed E-state index contributed by atoms with van der Waals surface area (Å²) < 4.78 is 15.1. The molecule has 1 heterocycles. The van der Waals surface area contributed by atoms with Crippen LogP contribution in [0.2, 0.25) is 0 Å². The predicted octanol–water partition coefficient (Wildman–Crippen LogP) is 0.703. The predicted molar refractivity (Wildman–Crippen MR) is 41.6 cm³/mol. The minimum absolute atomic E-state index is 0.215. The molecule has 4 nitrogen and oxygen atoms in total. The van der Waals surface area contributed by atoms with E-state index in [9.17, 15) is 4.79 Å². The van der Waals surface area contributed by atoms with Gasteiger partial charge in [0.05, 0.1) is 13.2 Å². The fraction of sp³-hybridized carbons (Fsp3) is 0.875. The summed E-state index contributed by atoms with van der Waals surface area (Å²) in [6, 6.07) is 0. The summed E-state index contributed by atoms with van der Waals surface area (Å²) in [5.74, 6) is -0.215. The van der Waals surface area contributed by atoms with E-state index in [1.54, 1.807) is 0 Å². The molecule has 12 heavy (non-hydrogen) atoms. The minimum atomic E-state index is -0.488. The Labute approximate surface area is 71.8 Å². The van der Waals surface area contributed by atoms with Crippen molar-refractivity contribution < 1.29 is 19.0 Å². The lowest BCUT2D eigenvalue weighted by molar-refractivity contribution is -0.214. The summed E-state index contributed by atoms with van der Waals surface area (Å²) >= 11 is 0. The van der Waals surface area contributed by atoms with Crippen molar-refractivity contribution in [3.8, 4) is 0 Å².